The van der Waals surface area contributed by atoms with E-state index < -0.39 is 6.10 Å². The van der Waals surface area contributed by atoms with Crippen molar-refractivity contribution in [1.82, 2.24) is 0 Å². The molecule has 1 aliphatic heterocycles. The van der Waals surface area contributed by atoms with Gasteiger partial charge in [-0.2, -0.15) is 0 Å². The average Bonchev–Trinajstić information content (AvgIpc) is 2.68. The summed E-state index contributed by atoms with van der Waals surface area (Å²) in [6, 6.07) is 3.74. The molecule has 1 fully saturated rings. The van der Waals surface area contributed by atoms with Gasteiger partial charge in [-0.3, -0.25) is 0 Å². The van der Waals surface area contributed by atoms with Gasteiger partial charge in [0.1, 0.15) is 6.10 Å². The maximum atomic E-state index is 10.2. The highest BCUT2D eigenvalue weighted by molar-refractivity contribution is 5.59. The standard InChI is InChI=1S/C15H18O3/c1-15-9-4-2-8-3-6-10(16)13(12(8)15)18-14(15)11(17)7-5-9/h3,6,9,11,14,16-17H,2,4-5,7H2,1H3. The summed E-state index contributed by atoms with van der Waals surface area (Å²) in [6.45, 7) is 2.21. The summed E-state index contributed by atoms with van der Waals surface area (Å²) in [4.78, 5) is 0. The molecule has 3 aliphatic rings. The number of benzene rings is 1. The first-order valence-corrected chi connectivity index (χ1v) is 6.82. The summed E-state index contributed by atoms with van der Waals surface area (Å²) in [5.74, 6) is 1.42. The third kappa shape index (κ3) is 1.05. The predicted molar refractivity (Wildman–Crippen MR) is 66.9 cm³/mol. The lowest BCUT2D eigenvalue weighted by atomic mass is 9.57. The first kappa shape index (κ1) is 10.7. The van der Waals surface area contributed by atoms with Gasteiger partial charge in [-0.25, -0.2) is 0 Å². The molecule has 18 heavy (non-hydrogen) atoms. The van der Waals surface area contributed by atoms with E-state index in [0.29, 0.717) is 11.7 Å². The van der Waals surface area contributed by atoms with Crippen molar-refractivity contribution in [3.8, 4) is 11.5 Å². The van der Waals surface area contributed by atoms with Crippen LogP contribution in [0.2, 0.25) is 0 Å². The second-order valence-electron chi connectivity index (χ2n) is 6.15. The molecule has 3 heteroatoms. The quantitative estimate of drug-likeness (QED) is 0.737. The van der Waals surface area contributed by atoms with Crippen LogP contribution in [0.25, 0.3) is 0 Å². The van der Waals surface area contributed by atoms with Crippen molar-refractivity contribution in [2.45, 2.75) is 50.2 Å². The summed E-state index contributed by atoms with van der Waals surface area (Å²) in [5, 5.41) is 20.2. The molecule has 3 nitrogen and oxygen atoms in total. The van der Waals surface area contributed by atoms with Gasteiger partial charge in [-0.05, 0) is 43.2 Å². The maximum Gasteiger partial charge on any atom is 0.165 e. The molecule has 0 aromatic heterocycles. The fraction of sp³-hybridized carbons (Fsp3) is 0.600. The number of ether oxygens (including phenoxy) is 1. The monoisotopic (exact) mass is 246 g/mol. The Morgan fingerprint density at radius 1 is 1.28 bits per heavy atom. The molecular formula is C15H18O3. The van der Waals surface area contributed by atoms with Gasteiger partial charge in [-0.1, -0.05) is 13.0 Å². The number of rotatable bonds is 0. The summed E-state index contributed by atoms with van der Waals surface area (Å²) < 4.78 is 5.95. The highest BCUT2D eigenvalue weighted by atomic mass is 16.5. The van der Waals surface area contributed by atoms with Gasteiger partial charge in [0.25, 0.3) is 0 Å². The molecule has 0 saturated heterocycles. The van der Waals surface area contributed by atoms with Gasteiger partial charge in [-0.15, -0.1) is 0 Å². The first-order chi connectivity index (χ1) is 8.62. The highest BCUT2D eigenvalue weighted by Gasteiger charge is 2.58. The molecule has 96 valence electrons. The Balaban J connectivity index is 1.99. The zero-order chi connectivity index (χ0) is 12.5. The molecular weight excluding hydrogens is 228 g/mol. The van der Waals surface area contributed by atoms with Crippen molar-refractivity contribution in [3.63, 3.8) is 0 Å². The van der Waals surface area contributed by atoms with Crippen molar-refractivity contribution in [2.75, 3.05) is 0 Å². The molecule has 2 N–H and O–H groups in total. The van der Waals surface area contributed by atoms with Crippen LogP contribution >= 0.6 is 0 Å². The molecule has 0 bridgehead atoms. The van der Waals surface area contributed by atoms with Crippen LogP contribution in [-0.2, 0) is 11.8 Å². The lowest BCUT2D eigenvalue weighted by Crippen LogP contribution is -2.54. The van der Waals surface area contributed by atoms with Gasteiger partial charge >= 0.3 is 0 Å². The highest BCUT2D eigenvalue weighted by Crippen LogP contribution is 2.59. The number of aryl methyl sites for hydroxylation is 1. The van der Waals surface area contributed by atoms with Crippen molar-refractivity contribution in [2.24, 2.45) is 5.92 Å². The Hall–Kier alpha value is -1.22. The number of aliphatic hydroxyl groups excluding tert-OH is 1. The van der Waals surface area contributed by atoms with Crippen LogP contribution in [0.1, 0.15) is 37.3 Å². The lowest BCUT2D eigenvalue weighted by Gasteiger charge is -2.47. The van der Waals surface area contributed by atoms with E-state index in [1.165, 1.54) is 17.5 Å². The van der Waals surface area contributed by atoms with E-state index in [0.717, 1.165) is 19.3 Å². The number of phenols is 1. The fourth-order valence-electron chi connectivity index (χ4n) is 4.43. The number of hydrogen-bond donors (Lipinski definition) is 2. The second-order valence-corrected chi connectivity index (χ2v) is 6.15. The molecule has 1 saturated carbocycles. The first-order valence-electron chi connectivity index (χ1n) is 6.82. The summed E-state index contributed by atoms with van der Waals surface area (Å²) in [7, 11) is 0. The summed E-state index contributed by atoms with van der Waals surface area (Å²) in [5.41, 5.74) is 2.35. The van der Waals surface area contributed by atoms with E-state index in [2.05, 4.69) is 6.92 Å². The van der Waals surface area contributed by atoms with Gasteiger partial charge < -0.3 is 14.9 Å². The van der Waals surface area contributed by atoms with E-state index in [1.54, 1.807) is 6.07 Å². The molecule has 0 spiro atoms. The normalized spacial score (nSPS) is 40.2. The van der Waals surface area contributed by atoms with Crippen LogP contribution in [0.15, 0.2) is 12.1 Å². The topological polar surface area (TPSA) is 49.7 Å². The number of aliphatic hydroxyl groups is 1. The zero-order valence-corrected chi connectivity index (χ0v) is 10.5. The Morgan fingerprint density at radius 2 is 2.11 bits per heavy atom. The van der Waals surface area contributed by atoms with Crippen LogP contribution in [0, 0.1) is 5.92 Å². The third-order valence-electron chi connectivity index (χ3n) is 5.37. The predicted octanol–water partition coefficient (Wildman–Crippen LogP) is 2.13. The Bertz CT molecular complexity index is 525. The Kier molecular flexibility index (Phi) is 1.90. The fourth-order valence-corrected chi connectivity index (χ4v) is 4.43. The maximum absolute atomic E-state index is 10.2. The van der Waals surface area contributed by atoms with E-state index in [4.69, 9.17) is 4.74 Å². The van der Waals surface area contributed by atoms with E-state index in [1.807, 2.05) is 6.07 Å². The second kappa shape index (κ2) is 3.21. The number of phenolic OH excluding ortho intramolecular Hbond substituents is 1. The van der Waals surface area contributed by atoms with Gasteiger partial charge in [0.05, 0.1) is 6.10 Å². The Morgan fingerprint density at radius 3 is 2.94 bits per heavy atom. The summed E-state index contributed by atoms with van der Waals surface area (Å²) in [6.07, 6.45) is 3.51. The molecule has 4 unspecified atom stereocenters. The number of hydrogen-bond acceptors (Lipinski definition) is 3. The van der Waals surface area contributed by atoms with Crippen LogP contribution in [0.4, 0.5) is 0 Å². The minimum atomic E-state index is -0.413. The third-order valence-corrected chi connectivity index (χ3v) is 5.37. The van der Waals surface area contributed by atoms with E-state index in [-0.39, 0.29) is 17.3 Å². The van der Waals surface area contributed by atoms with Crippen molar-refractivity contribution in [1.29, 1.82) is 0 Å². The van der Waals surface area contributed by atoms with Crippen molar-refractivity contribution >= 4 is 0 Å². The van der Waals surface area contributed by atoms with E-state index >= 15 is 0 Å². The zero-order valence-electron chi connectivity index (χ0n) is 10.5. The smallest absolute Gasteiger partial charge is 0.165 e. The Labute approximate surface area is 106 Å². The van der Waals surface area contributed by atoms with Gasteiger partial charge in [0, 0.05) is 11.0 Å². The minimum Gasteiger partial charge on any atom is -0.504 e. The average molecular weight is 246 g/mol. The molecule has 4 rings (SSSR count). The molecule has 1 aromatic carbocycles. The summed E-state index contributed by atoms with van der Waals surface area (Å²) >= 11 is 0. The van der Waals surface area contributed by atoms with Gasteiger partial charge in [0.2, 0.25) is 0 Å². The van der Waals surface area contributed by atoms with Crippen molar-refractivity contribution in [3.05, 3.63) is 23.3 Å². The van der Waals surface area contributed by atoms with E-state index in [9.17, 15) is 10.2 Å². The van der Waals surface area contributed by atoms with Crippen LogP contribution in [0.3, 0.4) is 0 Å². The lowest BCUT2D eigenvalue weighted by molar-refractivity contribution is -0.0492. The molecule has 0 amide bonds. The van der Waals surface area contributed by atoms with Crippen LogP contribution in [-0.4, -0.2) is 22.4 Å². The largest absolute Gasteiger partial charge is 0.504 e. The molecule has 1 aromatic rings. The molecule has 1 heterocycles. The number of aromatic hydroxyl groups is 1. The SMILES string of the molecule is CC12c3c4ccc(O)c3OC1C(O)CCC2CC4. The van der Waals surface area contributed by atoms with Crippen LogP contribution < -0.4 is 4.74 Å². The van der Waals surface area contributed by atoms with Crippen LogP contribution in [0.5, 0.6) is 11.5 Å². The molecule has 0 radical (unpaired) electrons. The van der Waals surface area contributed by atoms with Gasteiger partial charge in [0.15, 0.2) is 11.5 Å². The van der Waals surface area contributed by atoms with Crippen molar-refractivity contribution < 1.29 is 14.9 Å². The molecule has 2 aliphatic carbocycles. The minimum absolute atomic E-state index is 0.112. The molecule has 4 atom stereocenters.